The second-order valence-corrected chi connectivity index (χ2v) is 6.84. The fraction of sp³-hybridized carbons (Fsp3) is 0.348. The maximum Gasteiger partial charge on any atom is 0.253 e. The van der Waals surface area contributed by atoms with E-state index in [4.69, 9.17) is 0 Å². The molecule has 0 bridgehead atoms. The number of anilines is 3. The van der Waals surface area contributed by atoms with Crippen LogP contribution in [0, 0.1) is 0 Å². The van der Waals surface area contributed by atoms with Crippen LogP contribution in [0.1, 0.15) is 44.0 Å². The van der Waals surface area contributed by atoms with Gasteiger partial charge >= 0.3 is 0 Å². The highest BCUT2D eigenvalue weighted by Gasteiger charge is 2.13. The highest BCUT2D eigenvalue weighted by Crippen LogP contribution is 2.15. The van der Waals surface area contributed by atoms with Crippen LogP contribution in [0.15, 0.2) is 48.5 Å². The molecule has 0 saturated heterocycles. The molecule has 0 unspecified atom stereocenters. The van der Waals surface area contributed by atoms with Crippen LogP contribution in [0.4, 0.5) is 17.1 Å². The number of nitrogens with zero attached hydrogens (tertiary/aromatic N) is 1. The molecule has 0 radical (unpaired) electrons. The zero-order valence-electron chi connectivity index (χ0n) is 17.8. The van der Waals surface area contributed by atoms with Crippen LogP contribution in [-0.2, 0) is 9.59 Å². The number of amides is 3. The standard InChI is InChI=1S/C23H30N4O3/c1-4-8-21(28)25-18-11-13-19(14-12-18)26-22(29)16-24-20-10-7-9-17(15-20)23(30)27(5-2)6-3/h7,9-15,24H,4-6,8,16H2,1-3H3,(H,25,28)(H,26,29). The predicted octanol–water partition coefficient (Wildman–Crippen LogP) is 3.96. The minimum Gasteiger partial charge on any atom is -0.376 e. The number of hydrogen-bond acceptors (Lipinski definition) is 4. The van der Waals surface area contributed by atoms with Crippen molar-refractivity contribution >= 4 is 34.8 Å². The monoisotopic (exact) mass is 410 g/mol. The summed E-state index contributed by atoms with van der Waals surface area (Å²) >= 11 is 0. The molecule has 0 atom stereocenters. The van der Waals surface area contributed by atoms with Crippen LogP contribution in [0.5, 0.6) is 0 Å². The van der Waals surface area contributed by atoms with Crippen molar-refractivity contribution in [3.63, 3.8) is 0 Å². The summed E-state index contributed by atoms with van der Waals surface area (Å²) in [6.07, 6.45) is 1.27. The van der Waals surface area contributed by atoms with E-state index < -0.39 is 0 Å². The number of benzene rings is 2. The normalized spacial score (nSPS) is 10.2. The van der Waals surface area contributed by atoms with E-state index >= 15 is 0 Å². The molecule has 30 heavy (non-hydrogen) atoms. The number of hydrogen-bond donors (Lipinski definition) is 3. The zero-order valence-corrected chi connectivity index (χ0v) is 17.8. The Morgan fingerprint density at radius 2 is 1.40 bits per heavy atom. The number of nitrogens with one attached hydrogen (secondary N) is 3. The van der Waals surface area contributed by atoms with E-state index in [-0.39, 0.29) is 24.3 Å². The van der Waals surface area contributed by atoms with Crippen molar-refractivity contribution in [2.24, 2.45) is 0 Å². The maximum absolute atomic E-state index is 12.5. The maximum atomic E-state index is 12.5. The molecule has 2 aromatic rings. The Labute approximate surface area is 177 Å². The van der Waals surface area contributed by atoms with E-state index in [0.717, 1.165) is 6.42 Å². The van der Waals surface area contributed by atoms with Gasteiger partial charge in [-0.05, 0) is 62.7 Å². The third-order valence-electron chi connectivity index (χ3n) is 4.54. The summed E-state index contributed by atoms with van der Waals surface area (Å²) in [6, 6.07) is 14.1. The molecule has 3 amide bonds. The molecule has 0 aliphatic carbocycles. The van der Waals surface area contributed by atoms with Gasteiger partial charge < -0.3 is 20.9 Å². The van der Waals surface area contributed by atoms with Crippen molar-refractivity contribution in [1.29, 1.82) is 0 Å². The van der Waals surface area contributed by atoms with E-state index in [1.54, 1.807) is 47.4 Å². The van der Waals surface area contributed by atoms with E-state index in [0.29, 0.717) is 42.1 Å². The Balaban J connectivity index is 1.88. The van der Waals surface area contributed by atoms with Crippen LogP contribution < -0.4 is 16.0 Å². The molecule has 0 aliphatic rings. The van der Waals surface area contributed by atoms with Crippen LogP contribution >= 0.6 is 0 Å². The van der Waals surface area contributed by atoms with Crippen LogP contribution in [-0.4, -0.2) is 42.3 Å². The molecule has 0 heterocycles. The predicted molar refractivity (Wildman–Crippen MR) is 121 cm³/mol. The fourth-order valence-corrected chi connectivity index (χ4v) is 2.93. The molecule has 0 aromatic heterocycles. The summed E-state index contributed by atoms with van der Waals surface area (Å²) in [4.78, 5) is 38.1. The first-order valence-electron chi connectivity index (χ1n) is 10.3. The lowest BCUT2D eigenvalue weighted by Crippen LogP contribution is -2.30. The van der Waals surface area contributed by atoms with Crippen molar-refractivity contribution in [1.82, 2.24) is 4.90 Å². The Kier molecular flexibility index (Phi) is 8.87. The van der Waals surface area contributed by atoms with Gasteiger partial charge in [0, 0.05) is 42.1 Å². The molecule has 2 aromatic carbocycles. The molecule has 7 heteroatoms. The Morgan fingerprint density at radius 1 is 0.800 bits per heavy atom. The van der Waals surface area contributed by atoms with Crippen molar-refractivity contribution in [3.05, 3.63) is 54.1 Å². The minimum atomic E-state index is -0.210. The molecule has 0 saturated carbocycles. The minimum absolute atomic E-state index is 0.0276. The van der Waals surface area contributed by atoms with Gasteiger partial charge in [-0.15, -0.1) is 0 Å². The lowest BCUT2D eigenvalue weighted by atomic mass is 10.1. The van der Waals surface area contributed by atoms with Gasteiger partial charge in [0.15, 0.2) is 0 Å². The third-order valence-corrected chi connectivity index (χ3v) is 4.54. The zero-order chi connectivity index (χ0) is 21.9. The lowest BCUT2D eigenvalue weighted by molar-refractivity contribution is -0.116. The lowest BCUT2D eigenvalue weighted by Gasteiger charge is -2.19. The van der Waals surface area contributed by atoms with Gasteiger partial charge in [-0.25, -0.2) is 0 Å². The smallest absolute Gasteiger partial charge is 0.253 e. The van der Waals surface area contributed by atoms with Gasteiger partial charge in [-0.3, -0.25) is 14.4 Å². The Bertz CT molecular complexity index is 861. The topological polar surface area (TPSA) is 90.5 Å². The second kappa shape index (κ2) is 11.6. The summed E-state index contributed by atoms with van der Waals surface area (Å²) in [5.74, 6) is -0.266. The third kappa shape index (κ3) is 6.92. The molecular formula is C23H30N4O3. The second-order valence-electron chi connectivity index (χ2n) is 6.84. The van der Waals surface area contributed by atoms with Gasteiger partial charge in [0.25, 0.3) is 5.91 Å². The molecule has 0 fully saturated rings. The Hall–Kier alpha value is -3.35. The van der Waals surface area contributed by atoms with Crippen LogP contribution in [0.25, 0.3) is 0 Å². The summed E-state index contributed by atoms with van der Waals surface area (Å²) < 4.78 is 0. The van der Waals surface area contributed by atoms with Crippen molar-refractivity contribution in [3.8, 4) is 0 Å². The summed E-state index contributed by atoms with van der Waals surface area (Å²) in [5.41, 5.74) is 2.63. The number of carbonyl (C=O) groups is 3. The van der Waals surface area contributed by atoms with E-state index in [9.17, 15) is 14.4 Å². The van der Waals surface area contributed by atoms with Crippen molar-refractivity contribution < 1.29 is 14.4 Å². The first-order chi connectivity index (χ1) is 14.5. The summed E-state index contributed by atoms with van der Waals surface area (Å²) in [7, 11) is 0. The van der Waals surface area contributed by atoms with Crippen LogP contribution in [0.2, 0.25) is 0 Å². The largest absolute Gasteiger partial charge is 0.376 e. The SMILES string of the molecule is CCCC(=O)Nc1ccc(NC(=O)CNc2cccc(C(=O)N(CC)CC)c2)cc1. The first-order valence-corrected chi connectivity index (χ1v) is 10.3. The highest BCUT2D eigenvalue weighted by atomic mass is 16.2. The van der Waals surface area contributed by atoms with Gasteiger partial charge in [-0.2, -0.15) is 0 Å². The molecule has 3 N–H and O–H groups in total. The molecule has 7 nitrogen and oxygen atoms in total. The van der Waals surface area contributed by atoms with E-state index in [2.05, 4.69) is 16.0 Å². The van der Waals surface area contributed by atoms with Crippen molar-refractivity contribution in [2.45, 2.75) is 33.6 Å². The average Bonchev–Trinajstić information content (AvgIpc) is 2.75. The van der Waals surface area contributed by atoms with E-state index in [1.807, 2.05) is 26.8 Å². The molecule has 160 valence electrons. The molecule has 0 spiro atoms. The van der Waals surface area contributed by atoms with E-state index in [1.165, 1.54) is 0 Å². The molecule has 0 aliphatic heterocycles. The Morgan fingerprint density at radius 3 is 1.97 bits per heavy atom. The number of rotatable bonds is 10. The number of carbonyl (C=O) groups excluding carboxylic acids is 3. The highest BCUT2D eigenvalue weighted by molar-refractivity contribution is 5.96. The van der Waals surface area contributed by atoms with Gasteiger partial charge in [-0.1, -0.05) is 13.0 Å². The summed E-state index contributed by atoms with van der Waals surface area (Å²) in [6.45, 7) is 7.20. The van der Waals surface area contributed by atoms with Crippen molar-refractivity contribution in [2.75, 3.05) is 35.6 Å². The van der Waals surface area contributed by atoms with Gasteiger partial charge in [0.1, 0.15) is 0 Å². The molecule has 2 rings (SSSR count). The van der Waals surface area contributed by atoms with Gasteiger partial charge in [0.05, 0.1) is 6.54 Å². The average molecular weight is 411 g/mol. The van der Waals surface area contributed by atoms with Gasteiger partial charge in [0.2, 0.25) is 11.8 Å². The summed E-state index contributed by atoms with van der Waals surface area (Å²) in [5, 5.41) is 8.65. The first kappa shape index (κ1) is 22.9. The van der Waals surface area contributed by atoms with Crippen LogP contribution in [0.3, 0.4) is 0 Å². The fourth-order valence-electron chi connectivity index (χ4n) is 2.93. The quantitative estimate of drug-likeness (QED) is 0.553. The molecular weight excluding hydrogens is 380 g/mol.